The number of benzene rings is 1. The van der Waals surface area contributed by atoms with E-state index >= 15 is 0 Å². The maximum Gasteiger partial charge on any atom is 0.375 e. The van der Waals surface area contributed by atoms with Crippen molar-refractivity contribution in [3.8, 4) is 11.3 Å². The van der Waals surface area contributed by atoms with E-state index in [-0.39, 0.29) is 23.5 Å². The number of amides is 1. The van der Waals surface area contributed by atoms with E-state index in [1.807, 2.05) is 0 Å². The van der Waals surface area contributed by atoms with Gasteiger partial charge in [0.25, 0.3) is 5.91 Å². The van der Waals surface area contributed by atoms with Gasteiger partial charge in [-0.25, -0.2) is 4.79 Å². The lowest BCUT2D eigenvalue weighted by atomic mass is 9.86. The maximum absolute atomic E-state index is 12.4. The number of Topliss-reactive ketones (excluding diaryl/α,β-unsaturated/α-hetero) is 1. The van der Waals surface area contributed by atoms with Gasteiger partial charge in [0.1, 0.15) is 5.76 Å². The molecule has 1 aliphatic carbocycles. The lowest BCUT2D eigenvalue weighted by molar-refractivity contribution is -0.130. The molecule has 3 rings (SSSR count). The topological polar surface area (TPSA) is 85.6 Å². The quantitative estimate of drug-likeness (QED) is 0.577. The lowest BCUT2D eigenvalue weighted by Gasteiger charge is -2.30. The van der Waals surface area contributed by atoms with Crippen LogP contribution in [0, 0.1) is 5.92 Å². The van der Waals surface area contributed by atoms with Crippen LogP contribution in [0.1, 0.15) is 67.4 Å². The smallest absolute Gasteiger partial charge is 0.375 e. The largest absolute Gasteiger partial charge is 0.449 e. The van der Waals surface area contributed by atoms with E-state index < -0.39 is 12.1 Å². The third-order valence-electron chi connectivity index (χ3n) is 5.48. The molecule has 1 N–H and O–H groups in total. The normalized spacial score (nSPS) is 20.0. The van der Waals surface area contributed by atoms with Crippen molar-refractivity contribution in [2.45, 2.75) is 58.6 Å². The van der Waals surface area contributed by atoms with Crippen molar-refractivity contribution in [3.63, 3.8) is 0 Å². The highest BCUT2D eigenvalue weighted by Crippen LogP contribution is 2.25. The molecule has 1 amide bonds. The van der Waals surface area contributed by atoms with E-state index in [1.54, 1.807) is 37.3 Å². The van der Waals surface area contributed by atoms with Crippen LogP contribution in [0.25, 0.3) is 11.3 Å². The molecular formula is C23H27NO5. The molecule has 0 aliphatic heterocycles. The molecule has 1 aliphatic rings. The molecule has 0 radical (unpaired) electrons. The zero-order valence-electron chi connectivity index (χ0n) is 17.1. The highest BCUT2D eigenvalue weighted by atomic mass is 16.6. The third kappa shape index (κ3) is 5.13. The molecule has 6 heteroatoms. The first-order valence-corrected chi connectivity index (χ1v) is 10.1. The van der Waals surface area contributed by atoms with Crippen LogP contribution in [0.3, 0.4) is 0 Å². The van der Waals surface area contributed by atoms with Gasteiger partial charge in [-0.15, -0.1) is 0 Å². The van der Waals surface area contributed by atoms with Crippen LogP contribution in [0.4, 0.5) is 0 Å². The summed E-state index contributed by atoms with van der Waals surface area (Å²) >= 11 is 0. The van der Waals surface area contributed by atoms with Crippen LogP contribution >= 0.6 is 0 Å². The number of nitrogens with one attached hydrogen (secondary N) is 1. The summed E-state index contributed by atoms with van der Waals surface area (Å²) < 4.78 is 10.9. The van der Waals surface area contributed by atoms with Crippen molar-refractivity contribution in [1.82, 2.24) is 5.32 Å². The summed E-state index contributed by atoms with van der Waals surface area (Å²) in [5, 5.41) is 3.00. The Kier molecular flexibility index (Phi) is 6.52. The Balaban J connectivity index is 1.59. The summed E-state index contributed by atoms with van der Waals surface area (Å²) in [7, 11) is 0. The number of hydrogen-bond acceptors (Lipinski definition) is 5. The Hall–Kier alpha value is -2.89. The van der Waals surface area contributed by atoms with Crippen LogP contribution in [0.2, 0.25) is 0 Å². The molecule has 1 aromatic carbocycles. The lowest BCUT2D eigenvalue weighted by Crippen LogP contribution is -2.45. The summed E-state index contributed by atoms with van der Waals surface area (Å²) in [4.78, 5) is 36.1. The minimum Gasteiger partial charge on any atom is -0.449 e. The van der Waals surface area contributed by atoms with Crippen molar-refractivity contribution in [2.24, 2.45) is 5.92 Å². The Morgan fingerprint density at radius 2 is 1.76 bits per heavy atom. The van der Waals surface area contributed by atoms with E-state index in [0.29, 0.717) is 17.2 Å². The SMILES string of the molecule is CC(=O)c1ccc(-c2ccc(C(=O)O[C@H](C)C(=O)N[C@H]3CCCC[C@H]3C)o2)cc1. The van der Waals surface area contributed by atoms with Crippen molar-refractivity contribution in [1.29, 1.82) is 0 Å². The first kappa shape index (κ1) is 20.8. The molecule has 1 saturated carbocycles. The van der Waals surface area contributed by atoms with Gasteiger partial charge in [0.2, 0.25) is 5.76 Å². The second-order valence-electron chi connectivity index (χ2n) is 7.72. The Labute approximate surface area is 170 Å². The van der Waals surface area contributed by atoms with E-state index in [0.717, 1.165) is 24.8 Å². The average Bonchev–Trinajstić information content (AvgIpc) is 3.20. The molecular weight excluding hydrogens is 370 g/mol. The van der Waals surface area contributed by atoms with Gasteiger partial charge in [0.15, 0.2) is 11.9 Å². The third-order valence-corrected chi connectivity index (χ3v) is 5.48. The Morgan fingerprint density at radius 1 is 1.07 bits per heavy atom. The first-order chi connectivity index (χ1) is 13.8. The van der Waals surface area contributed by atoms with Crippen molar-refractivity contribution < 1.29 is 23.5 Å². The predicted octanol–water partition coefficient (Wildman–Crippen LogP) is 4.39. The van der Waals surface area contributed by atoms with Crippen LogP contribution in [-0.4, -0.2) is 29.8 Å². The molecule has 0 spiro atoms. The molecule has 29 heavy (non-hydrogen) atoms. The Morgan fingerprint density at radius 3 is 2.41 bits per heavy atom. The number of ketones is 1. The number of ether oxygens (including phenoxy) is 1. The van der Waals surface area contributed by atoms with E-state index in [4.69, 9.17) is 9.15 Å². The number of carbonyl (C=O) groups excluding carboxylic acids is 3. The molecule has 0 saturated heterocycles. The highest BCUT2D eigenvalue weighted by molar-refractivity contribution is 5.94. The molecule has 1 fully saturated rings. The molecule has 1 aromatic heterocycles. The summed E-state index contributed by atoms with van der Waals surface area (Å²) in [5.74, 6) is -0.0473. The highest BCUT2D eigenvalue weighted by Gasteiger charge is 2.27. The summed E-state index contributed by atoms with van der Waals surface area (Å²) in [6.45, 7) is 5.20. The van der Waals surface area contributed by atoms with Gasteiger partial charge < -0.3 is 14.5 Å². The number of furan rings is 1. The number of carbonyl (C=O) groups is 3. The molecule has 1 heterocycles. The zero-order valence-corrected chi connectivity index (χ0v) is 17.1. The van der Waals surface area contributed by atoms with E-state index in [1.165, 1.54) is 19.4 Å². The summed E-state index contributed by atoms with van der Waals surface area (Å²) in [6.07, 6.45) is 3.45. The number of rotatable bonds is 6. The predicted molar refractivity (Wildman–Crippen MR) is 109 cm³/mol. The fourth-order valence-electron chi connectivity index (χ4n) is 3.57. The van der Waals surface area contributed by atoms with Gasteiger partial charge in [-0.05, 0) is 44.7 Å². The number of hydrogen-bond donors (Lipinski definition) is 1. The average molecular weight is 397 g/mol. The molecule has 0 bridgehead atoms. The van der Waals surface area contributed by atoms with Crippen molar-refractivity contribution in [3.05, 3.63) is 47.7 Å². The van der Waals surface area contributed by atoms with Crippen molar-refractivity contribution in [2.75, 3.05) is 0 Å². The van der Waals surface area contributed by atoms with Gasteiger partial charge in [-0.1, -0.05) is 44.0 Å². The molecule has 2 aromatic rings. The Bertz CT molecular complexity index is 883. The van der Waals surface area contributed by atoms with Gasteiger partial charge >= 0.3 is 5.97 Å². The molecule has 154 valence electrons. The standard InChI is InChI=1S/C23H27NO5/c1-14-6-4-5-7-19(14)24-22(26)16(3)28-23(27)21-13-12-20(29-21)18-10-8-17(9-11-18)15(2)25/h8-14,16,19H,4-7H2,1-3H3,(H,24,26)/t14-,16-,19+/m1/s1. The van der Waals surface area contributed by atoms with Crippen LogP contribution in [-0.2, 0) is 9.53 Å². The van der Waals surface area contributed by atoms with Gasteiger partial charge in [0, 0.05) is 17.2 Å². The molecule has 6 nitrogen and oxygen atoms in total. The minimum absolute atomic E-state index is 0.0184. The second-order valence-corrected chi connectivity index (χ2v) is 7.72. The van der Waals surface area contributed by atoms with Gasteiger partial charge in [-0.3, -0.25) is 9.59 Å². The molecule has 3 atom stereocenters. The fourth-order valence-corrected chi connectivity index (χ4v) is 3.57. The maximum atomic E-state index is 12.4. The van der Waals surface area contributed by atoms with Gasteiger partial charge in [0.05, 0.1) is 0 Å². The van der Waals surface area contributed by atoms with Crippen molar-refractivity contribution >= 4 is 17.7 Å². The first-order valence-electron chi connectivity index (χ1n) is 10.1. The monoisotopic (exact) mass is 397 g/mol. The summed E-state index contributed by atoms with van der Waals surface area (Å²) in [6, 6.07) is 10.2. The van der Waals surface area contributed by atoms with Crippen LogP contribution in [0.5, 0.6) is 0 Å². The minimum atomic E-state index is -0.903. The van der Waals surface area contributed by atoms with Gasteiger partial charge in [-0.2, -0.15) is 0 Å². The fraction of sp³-hybridized carbons (Fsp3) is 0.435. The summed E-state index contributed by atoms with van der Waals surface area (Å²) in [5.41, 5.74) is 1.35. The second kappa shape index (κ2) is 9.07. The molecule has 0 unspecified atom stereocenters. The zero-order chi connectivity index (χ0) is 21.0. The van der Waals surface area contributed by atoms with Crippen LogP contribution < -0.4 is 5.32 Å². The van der Waals surface area contributed by atoms with E-state index in [9.17, 15) is 14.4 Å². The van der Waals surface area contributed by atoms with Crippen LogP contribution in [0.15, 0.2) is 40.8 Å². The van der Waals surface area contributed by atoms with E-state index in [2.05, 4.69) is 12.2 Å². The number of esters is 1.